The summed E-state index contributed by atoms with van der Waals surface area (Å²) < 4.78 is 0. The molecule has 0 aromatic carbocycles. The van der Waals surface area contributed by atoms with E-state index in [1.165, 1.54) is 4.88 Å². The van der Waals surface area contributed by atoms with Gasteiger partial charge in [0.05, 0.1) is 5.69 Å². The zero-order valence-electron chi connectivity index (χ0n) is 7.79. The van der Waals surface area contributed by atoms with Crippen LogP contribution >= 0.6 is 11.3 Å². The number of nitrogens with zero attached hydrogens (tertiary/aromatic N) is 2. The standard InChI is InChI=1S/C8H15N3S/c1-6-7(2)12-8(10-6)11(3)5-4-9/h4-5,9H2,1-3H3. The molecule has 0 spiro atoms. The molecule has 0 atom stereocenters. The first-order valence-corrected chi connectivity index (χ1v) is 4.82. The molecule has 0 aliphatic rings. The predicted octanol–water partition coefficient (Wildman–Crippen LogP) is 1.15. The number of anilines is 1. The Labute approximate surface area is 77.2 Å². The zero-order valence-corrected chi connectivity index (χ0v) is 8.61. The lowest BCUT2D eigenvalue weighted by Gasteiger charge is -2.13. The van der Waals surface area contributed by atoms with Gasteiger partial charge in [-0.05, 0) is 13.8 Å². The van der Waals surface area contributed by atoms with Crippen molar-refractivity contribution in [3.63, 3.8) is 0 Å². The second kappa shape index (κ2) is 3.87. The van der Waals surface area contributed by atoms with Crippen LogP contribution in [0.5, 0.6) is 0 Å². The summed E-state index contributed by atoms with van der Waals surface area (Å²) in [6, 6.07) is 0. The van der Waals surface area contributed by atoms with Gasteiger partial charge in [0.2, 0.25) is 0 Å². The molecule has 0 aliphatic carbocycles. The lowest BCUT2D eigenvalue weighted by atomic mass is 10.4. The maximum Gasteiger partial charge on any atom is 0.185 e. The van der Waals surface area contributed by atoms with Crippen LogP contribution in [0.1, 0.15) is 10.6 Å². The van der Waals surface area contributed by atoms with Crippen LogP contribution in [-0.4, -0.2) is 25.1 Å². The van der Waals surface area contributed by atoms with Gasteiger partial charge < -0.3 is 10.6 Å². The molecule has 68 valence electrons. The Morgan fingerprint density at radius 1 is 1.50 bits per heavy atom. The van der Waals surface area contributed by atoms with E-state index in [4.69, 9.17) is 5.73 Å². The van der Waals surface area contributed by atoms with Gasteiger partial charge in [-0.15, -0.1) is 11.3 Å². The molecule has 0 fully saturated rings. The number of hydrogen-bond donors (Lipinski definition) is 1. The van der Waals surface area contributed by atoms with Gasteiger partial charge in [0.15, 0.2) is 5.13 Å². The highest BCUT2D eigenvalue weighted by molar-refractivity contribution is 7.15. The molecular weight excluding hydrogens is 170 g/mol. The Morgan fingerprint density at radius 2 is 2.17 bits per heavy atom. The van der Waals surface area contributed by atoms with Crippen LogP contribution in [-0.2, 0) is 0 Å². The maximum atomic E-state index is 5.45. The third-order valence-electron chi connectivity index (χ3n) is 1.81. The van der Waals surface area contributed by atoms with Crippen LogP contribution in [0.4, 0.5) is 5.13 Å². The van der Waals surface area contributed by atoms with Crippen molar-refractivity contribution in [1.29, 1.82) is 0 Å². The van der Waals surface area contributed by atoms with Gasteiger partial charge in [-0.25, -0.2) is 4.98 Å². The minimum Gasteiger partial charge on any atom is -0.350 e. The van der Waals surface area contributed by atoms with E-state index in [-0.39, 0.29) is 0 Å². The molecule has 2 N–H and O–H groups in total. The summed E-state index contributed by atoms with van der Waals surface area (Å²) in [5.74, 6) is 0. The van der Waals surface area contributed by atoms with Crippen LogP contribution < -0.4 is 10.6 Å². The Balaban J connectivity index is 2.74. The fraction of sp³-hybridized carbons (Fsp3) is 0.625. The van der Waals surface area contributed by atoms with Crippen molar-refractivity contribution in [2.75, 3.05) is 25.0 Å². The summed E-state index contributed by atoms with van der Waals surface area (Å²) in [5, 5.41) is 1.07. The van der Waals surface area contributed by atoms with Crippen molar-refractivity contribution in [1.82, 2.24) is 4.98 Å². The van der Waals surface area contributed by atoms with E-state index in [2.05, 4.69) is 16.8 Å². The average Bonchev–Trinajstić information content (AvgIpc) is 2.33. The summed E-state index contributed by atoms with van der Waals surface area (Å²) >= 11 is 1.72. The maximum absolute atomic E-state index is 5.45. The summed E-state index contributed by atoms with van der Waals surface area (Å²) in [7, 11) is 2.02. The molecule has 0 saturated heterocycles. The molecule has 0 amide bonds. The van der Waals surface area contributed by atoms with Crippen molar-refractivity contribution >= 4 is 16.5 Å². The summed E-state index contributed by atoms with van der Waals surface area (Å²) in [6.45, 7) is 5.67. The van der Waals surface area contributed by atoms with E-state index in [9.17, 15) is 0 Å². The molecule has 0 bridgehead atoms. The molecule has 0 aliphatic heterocycles. The normalized spacial score (nSPS) is 10.3. The summed E-state index contributed by atoms with van der Waals surface area (Å²) in [4.78, 5) is 7.79. The van der Waals surface area contributed by atoms with Gasteiger partial charge >= 0.3 is 0 Å². The van der Waals surface area contributed by atoms with Crippen LogP contribution in [0.15, 0.2) is 0 Å². The SMILES string of the molecule is Cc1nc(N(C)CCN)sc1C. The van der Waals surface area contributed by atoms with Gasteiger partial charge in [-0.2, -0.15) is 0 Å². The van der Waals surface area contributed by atoms with Crippen molar-refractivity contribution < 1.29 is 0 Å². The van der Waals surface area contributed by atoms with Crippen LogP contribution in [0, 0.1) is 13.8 Å². The van der Waals surface area contributed by atoms with Gasteiger partial charge in [-0.1, -0.05) is 0 Å². The second-order valence-corrected chi connectivity index (χ2v) is 4.03. The second-order valence-electron chi connectivity index (χ2n) is 2.85. The van der Waals surface area contributed by atoms with E-state index >= 15 is 0 Å². The lowest BCUT2D eigenvalue weighted by molar-refractivity contribution is 0.878. The van der Waals surface area contributed by atoms with E-state index in [1.54, 1.807) is 11.3 Å². The van der Waals surface area contributed by atoms with Crippen molar-refractivity contribution in [3.8, 4) is 0 Å². The molecule has 0 radical (unpaired) electrons. The van der Waals surface area contributed by atoms with E-state index in [1.807, 2.05) is 14.0 Å². The minimum atomic E-state index is 0.675. The van der Waals surface area contributed by atoms with Gasteiger partial charge in [-0.3, -0.25) is 0 Å². The van der Waals surface area contributed by atoms with Crippen LogP contribution in [0.25, 0.3) is 0 Å². The molecule has 1 aromatic rings. The molecule has 12 heavy (non-hydrogen) atoms. The Hall–Kier alpha value is -0.610. The van der Waals surface area contributed by atoms with E-state index in [0.717, 1.165) is 17.4 Å². The highest BCUT2D eigenvalue weighted by Crippen LogP contribution is 2.23. The fourth-order valence-electron chi connectivity index (χ4n) is 0.908. The highest BCUT2D eigenvalue weighted by atomic mass is 32.1. The minimum absolute atomic E-state index is 0.675. The number of rotatable bonds is 3. The molecule has 4 heteroatoms. The third-order valence-corrected chi connectivity index (χ3v) is 3.00. The number of nitrogens with two attached hydrogens (primary N) is 1. The first kappa shape index (κ1) is 9.48. The number of hydrogen-bond acceptors (Lipinski definition) is 4. The van der Waals surface area contributed by atoms with Gasteiger partial charge in [0.25, 0.3) is 0 Å². The zero-order chi connectivity index (χ0) is 9.14. The first-order valence-electron chi connectivity index (χ1n) is 4.00. The lowest BCUT2D eigenvalue weighted by Crippen LogP contribution is -2.24. The Bertz CT molecular complexity index is 237. The topological polar surface area (TPSA) is 42.2 Å². The van der Waals surface area contributed by atoms with E-state index in [0.29, 0.717) is 6.54 Å². The van der Waals surface area contributed by atoms with E-state index < -0.39 is 0 Å². The predicted molar refractivity (Wildman–Crippen MR) is 53.9 cm³/mol. The number of aromatic nitrogens is 1. The largest absolute Gasteiger partial charge is 0.350 e. The van der Waals surface area contributed by atoms with Crippen molar-refractivity contribution in [3.05, 3.63) is 10.6 Å². The van der Waals surface area contributed by atoms with Gasteiger partial charge in [0, 0.05) is 25.0 Å². The number of likely N-dealkylation sites (N-methyl/N-ethyl adjacent to an activating group) is 1. The molecule has 0 unspecified atom stereocenters. The fourth-order valence-corrected chi connectivity index (χ4v) is 1.81. The number of thiazole rings is 1. The molecule has 0 saturated carbocycles. The van der Waals surface area contributed by atoms with Crippen LogP contribution in [0.2, 0.25) is 0 Å². The average molecular weight is 185 g/mol. The molecule has 1 aromatic heterocycles. The Morgan fingerprint density at radius 3 is 2.58 bits per heavy atom. The third kappa shape index (κ3) is 1.95. The Kier molecular flexibility index (Phi) is 3.05. The monoisotopic (exact) mass is 185 g/mol. The number of aryl methyl sites for hydroxylation is 2. The van der Waals surface area contributed by atoms with Crippen molar-refractivity contribution in [2.24, 2.45) is 5.73 Å². The molecular formula is C8H15N3S. The smallest absolute Gasteiger partial charge is 0.185 e. The highest BCUT2D eigenvalue weighted by Gasteiger charge is 2.06. The molecule has 1 heterocycles. The van der Waals surface area contributed by atoms with Crippen LogP contribution in [0.3, 0.4) is 0 Å². The quantitative estimate of drug-likeness (QED) is 0.768. The summed E-state index contributed by atoms with van der Waals surface area (Å²) in [6.07, 6.45) is 0. The summed E-state index contributed by atoms with van der Waals surface area (Å²) in [5.41, 5.74) is 6.57. The van der Waals surface area contributed by atoms with Gasteiger partial charge in [0.1, 0.15) is 0 Å². The molecule has 1 rings (SSSR count). The first-order chi connectivity index (χ1) is 5.65. The van der Waals surface area contributed by atoms with Crippen molar-refractivity contribution in [2.45, 2.75) is 13.8 Å². The molecule has 3 nitrogen and oxygen atoms in total.